The standard InChI is InChI=1S/C17H11NO3/c19-17(11-4-2-1-3-5-11)16-13-9-15-14(20-10-21-15)8-12(13)6-7-18-16/h1-9H,10H2. The van der Waals surface area contributed by atoms with Gasteiger partial charge >= 0.3 is 0 Å². The smallest absolute Gasteiger partial charge is 0.231 e. The Labute approximate surface area is 121 Å². The van der Waals surface area contributed by atoms with Gasteiger partial charge in [0.05, 0.1) is 0 Å². The molecular formula is C17H11NO3. The molecule has 21 heavy (non-hydrogen) atoms. The van der Waals surface area contributed by atoms with Gasteiger partial charge in [0.15, 0.2) is 11.5 Å². The number of ketones is 1. The molecule has 0 atom stereocenters. The van der Waals surface area contributed by atoms with Gasteiger partial charge in [-0.1, -0.05) is 30.3 Å². The van der Waals surface area contributed by atoms with E-state index in [-0.39, 0.29) is 12.6 Å². The number of benzene rings is 2. The molecule has 4 nitrogen and oxygen atoms in total. The molecule has 102 valence electrons. The highest BCUT2D eigenvalue weighted by atomic mass is 16.7. The molecule has 0 aliphatic carbocycles. The van der Waals surface area contributed by atoms with Gasteiger partial charge in [0.25, 0.3) is 0 Å². The molecule has 4 heteroatoms. The van der Waals surface area contributed by atoms with E-state index in [1.807, 2.05) is 36.4 Å². The Balaban J connectivity index is 1.91. The summed E-state index contributed by atoms with van der Waals surface area (Å²) in [6, 6.07) is 14.7. The number of carbonyl (C=O) groups excluding carboxylic acids is 1. The first-order valence-corrected chi connectivity index (χ1v) is 6.61. The molecule has 2 heterocycles. The maximum atomic E-state index is 12.6. The first kappa shape index (κ1) is 11.9. The maximum Gasteiger partial charge on any atom is 0.231 e. The number of aromatic nitrogens is 1. The molecular weight excluding hydrogens is 266 g/mol. The van der Waals surface area contributed by atoms with E-state index in [1.165, 1.54) is 0 Å². The van der Waals surface area contributed by atoms with E-state index in [2.05, 4.69) is 4.98 Å². The number of carbonyl (C=O) groups is 1. The van der Waals surface area contributed by atoms with Crippen LogP contribution in [0.1, 0.15) is 16.1 Å². The fourth-order valence-electron chi connectivity index (χ4n) is 2.47. The van der Waals surface area contributed by atoms with Gasteiger partial charge in [-0.2, -0.15) is 0 Å². The van der Waals surface area contributed by atoms with Crippen molar-refractivity contribution in [3.8, 4) is 11.5 Å². The highest BCUT2D eigenvalue weighted by molar-refractivity contribution is 6.15. The second kappa shape index (κ2) is 4.59. The van der Waals surface area contributed by atoms with E-state index in [4.69, 9.17) is 9.47 Å². The summed E-state index contributed by atoms with van der Waals surface area (Å²) in [6.07, 6.45) is 1.64. The Morgan fingerprint density at radius 3 is 2.57 bits per heavy atom. The van der Waals surface area contributed by atoms with Crippen molar-refractivity contribution >= 4 is 16.6 Å². The molecule has 1 aromatic heterocycles. The summed E-state index contributed by atoms with van der Waals surface area (Å²) < 4.78 is 10.7. The highest BCUT2D eigenvalue weighted by Crippen LogP contribution is 2.36. The average molecular weight is 277 g/mol. The van der Waals surface area contributed by atoms with Gasteiger partial charge in [0, 0.05) is 17.1 Å². The van der Waals surface area contributed by atoms with Gasteiger partial charge in [-0.25, -0.2) is 0 Å². The van der Waals surface area contributed by atoms with Crippen molar-refractivity contribution in [3.05, 3.63) is 66.0 Å². The monoisotopic (exact) mass is 277 g/mol. The van der Waals surface area contributed by atoms with Crippen molar-refractivity contribution in [2.45, 2.75) is 0 Å². The summed E-state index contributed by atoms with van der Waals surface area (Å²) in [5.74, 6) is 1.25. The lowest BCUT2D eigenvalue weighted by atomic mass is 10.0. The van der Waals surface area contributed by atoms with Crippen LogP contribution in [0.3, 0.4) is 0 Å². The Bertz CT molecular complexity index is 843. The minimum absolute atomic E-state index is 0.0972. The third-order valence-corrected chi connectivity index (χ3v) is 3.51. The third-order valence-electron chi connectivity index (χ3n) is 3.51. The first-order valence-electron chi connectivity index (χ1n) is 6.61. The molecule has 4 rings (SSSR count). The average Bonchev–Trinajstić information content (AvgIpc) is 2.99. The minimum Gasteiger partial charge on any atom is -0.454 e. The minimum atomic E-state index is -0.0972. The molecule has 0 saturated heterocycles. The van der Waals surface area contributed by atoms with Crippen molar-refractivity contribution in [1.29, 1.82) is 0 Å². The van der Waals surface area contributed by atoms with Gasteiger partial charge in [0.1, 0.15) is 5.69 Å². The van der Waals surface area contributed by atoms with E-state index in [9.17, 15) is 4.79 Å². The largest absolute Gasteiger partial charge is 0.454 e. The van der Waals surface area contributed by atoms with Crippen LogP contribution in [0.5, 0.6) is 11.5 Å². The number of pyridine rings is 1. The van der Waals surface area contributed by atoms with Crippen LogP contribution in [0, 0.1) is 0 Å². The van der Waals surface area contributed by atoms with Gasteiger partial charge in [-0.05, 0) is 23.6 Å². The first-order chi connectivity index (χ1) is 10.3. The molecule has 0 radical (unpaired) electrons. The quantitative estimate of drug-likeness (QED) is 0.675. The van der Waals surface area contributed by atoms with Crippen LogP contribution in [-0.4, -0.2) is 17.6 Å². The van der Waals surface area contributed by atoms with Crippen molar-refractivity contribution in [2.24, 2.45) is 0 Å². The van der Waals surface area contributed by atoms with E-state index in [0.717, 1.165) is 10.8 Å². The predicted molar refractivity (Wildman–Crippen MR) is 77.7 cm³/mol. The molecule has 0 fully saturated rings. The van der Waals surface area contributed by atoms with Crippen molar-refractivity contribution < 1.29 is 14.3 Å². The molecule has 0 unspecified atom stereocenters. The molecule has 0 saturated carbocycles. The number of hydrogen-bond acceptors (Lipinski definition) is 4. The normalized spacial score (nSPS) is 12.6. The molecule has 0 N–H and O–H groups in total. The molecule has 1 aliphatic rings. The molecule has 0 amide bonds. The Morgan fingerprint density at radius 2 is 1.76 bits per heavy atom. The Hall–Kier alpha value is -2.88. The summed E-state index contributed by atoms with van der Waals surface area (Å²) in [7, 11) is 0. The lowest BCUT2D eigenvalue weighted by Gasteiger charge is -2.06. The Morgan fingerprint density at radius 1 is 1.00 bits per heavy atom. The van der Waals surface area contributed by atoms with E-state index in [1.54, 1.807) is 18.3 Å². The number of fused-ring (bicyclic) bond motifs is 2. The van der Waals surface area contributed by atoms with Crippen LogP contribution < -0.4 is 9.47 Å². The second-order valence-corrected chi connectivity index (χ2v) is 4.78. The van der Waals surface area contributed by atoms with E-state index < -0.39 is 0 Å². The van der Waals surface area contributed by atoms with Crippen molar-refractivity contribution in [3.63, 3.8) is 0 Å². The maximum absolute atomic E-state index is 12.6. The number of hydrogen-bond donors (Lipinski definition) is 0. The molecule has 0 bridgehead atoms. The number of ether oxygens (including phenoxy) is 2. The zero-order chi connectivity index (χ0) is 14.2. The zero-order valence-electron chi connectivity index (χ0n) is 11.1. The molecule has 1 aliphatic heterocycles. The predicted octanol–water partition coefficient (Wildman–Crippen LogP) is 3.19. The SMILES string of the molecule is O=C(c1ccccc1)c1nccc2cc3c(cc12)OCO3. The molecule has 3 aromatic rings. The van der Waals surface area contributed by atoms with Crippen LogP contribution in [0.2, 0.25) is 0 Å². The van der Waals surface area contributed by atoms with Gasteiger partial charge in [-0.15, -0.1) is 0 Å². The van der Waals surface area contributed by atoms with Crippen LogP contribution in [-0.2, 0) is 0 Å². The van der Waals surface area contributed by atoms with Crippen LogP contribution in [0.15, 0.2) is 54.7 Å². The number of nitrogens with zero attached hydrogens (tertiary/aromatic N) is 1. The molecule has 0 spiro atoms. The summed E-state index contributed by atoms with van der Waals surface area (Å²) >= 11 is 0. The van der Waals surface area contributed by atoms with Gasteiger partial charge in [0.2, 0.25) is 12.6 Å². The summed E-state index contributed by atoms with van der Waals surface area (Å²) in [5.41, 5.74) is 1.05. The van der Waals surface area contributed by atoms with Crippen molar-refractivity contribution in [2.75, 3.05) is 6.79 Å². The lowest BCUT2D eigenvalue weighted by Crippen LogP contribution is -2.04. The lowest BCUT2D eigenvalue weighted by molar-refractivity contribution is 0.103. The highest BCUT2D eigenvalue weighted by Gasteiger charge is 2.19. The van der Waals surface area contributed by atoms with Crippen LogP contribution in [0.25, 0.3) is 10.8 Å². The van der Waals surface area contributed by atoms with Crippen LogP contribution in [0.4, 0.5) is 0 Å². The topological polar surface area (TPSA) is 48.4 Å². The second-order valence-electron chi connectivity index (χ2n) is 4.78. The van der Waals surface area contributed by atoms with Crippen molar-refractivity contribution in [1.82, 2.24) is 4.98 Å². The Kier molecular flexibility index (Phi) is 2.60. The fraction of sp³-hybridized carbons (Fsp3) is 0.0588. The fourth-order valence-corrected chi connectivity index (χ4v) is 2.47. The molecule has 2 aromatic carbocycles. The zero-order valence-corrected chi connectivity index (χ0v) is 11.1. The third kappa shape index (κ3) is 1.92. The van der Waals surface area contributed by atoms with Gasteiger partial charge in [-0.3, -0.25) is 9.78 Å². The number of rotatable bonds is 2. The summed E-state index contributed by atoms with van der Waals surface area (Å²) in [6.45, 7) is 0.209. The van der Waals surface area contributed by atoms with Gasteiger partial charge < -0.3 is 9.47 Å². The van der Waals surface area contributed by atoms with E-state index in [0.29, 0.717) is 22.8 Å². The van der Waals surface area contributed by atoms with E-state index >= 15 is 0 Å². The van der Waals surface area contributed by atoms with Crippen LogP contribution >= 0.6 is 0 Å². The summed E-state index contributed by atoms with van der Waals surface area (Å²) in [4.78, 5) is 16.9. The summed E-state index contributed by atoms with van der Waals surface area (Å²) in [5, 5.41) is 1.68.